The number of hydrogen-bond acceptors (Lipinski definition) is 4. The minimum absolute atomic E-state index is 0.0489. The molecule has 0 aromatic heterocycles. The topological polar surface area (TPSA) is 52.9 Å². The Labute approximate surface area is 198 Å². The maximum atomic E-state index is 12.5. The maximum absolute atomic E-state index is 12.5. The van der Waals surface area contributed by atoms with E-state index in [-0.39, 0.29) is 6.10 Å². The van der Waals surface area contributed by atoms with Crippen LogP contribution < -0.4 is 0 Å². The number of aliphatic hydroxyl groups is 2. The number of likely N-dealkylation sites (tertiary alicyclic amines) is 1. The average molecular weight is 468 g/mol. The van der Waals surface area contributed by atoms with Gasteiger partial charge in [0.05, 0.1) is 18.3 Å². The van der Waals surface area contributed by atoms with Gasteiger partial charge in [-0.3, -0.25) is 0 Å². The zero-order chi connectivity index (χ0) is 23.6. The molecule has 0 aromatic carbocycles. The first kappa shape index (κ1) is 25.3. The molecule has 7 atom stereocenters. The number of fused-ring (bicyclic) bond motifs is 1. The van der Waals surface area contributed by atoms with Crippen molar-refractivity contribution in [2.75, 3.05) is 26.2 Å². The minimum atomic E-state index is -2.38. The third-order valence-corrected chi connectivity index (χ3v) is 9.03. The van der Waals surface area contributed by atoms with Crippen LogP contribution in [0.3, 0.4) is 0 Å². The van der Waals surface area contributed by atoms with Crippen LogP contribution in [0.15, 0.2) is 23.3 Å². The van der Waals surface area contributed by atoms with Crippen molar-refractivity contribution in [2.24, 2.45) is 23.2 Å². The molecular weight excluding hydrogens is 424 g/mol. The van der Waals surface area contributed by atoms with Crippen LogP contribution in [0.5, 0.6) is 0 Å². The Morgan fingerprint density at radius 1 is 1.15 bits per heavy atom. The number of rotatable bonds is 7. The maximum Gasteiger partial charge on any atom is 0.261 e. The molecule has 3 saturated carbocycles. The molecule has 6 heteroatoms. The van der Waals surface area contributed by atoms with E-state index in [1.54, 1.807) is 5.57 Å². The highest BCUT2D eigenvalue weighted by Gasteiger charge is 2.50. The van der Waals surface area contributed by atoms with E-state index in [0.29, 0.717) is 42.4 Å². The number of alkyl halides is 2. The summed E-state index contributed by atoms with van der Waals surface area (Å²) in [5.41, 5.74) is 3.04. The predicted octanol–water partition coefficient (Wildman–Crippen LogP) is 4.95. The van der Waals surface area contributed by atoms with Crippen molar-refractivity contribution in [3.05, 3.63) is 23.3 Å². The molecule has 0 aromatic rings. The molecule has 0 amide bonds. The van der Waals surface area contributed by atoms with Crippen molar-refractivity contribution in [3.63, 3.8) is 0 Å². The molecule has 188 valence electrons. The van der Waals surface area contributed by atoms with Crippen molar-refractivity contribution in [3.8, 4) is 0 Å². The third kappa shape index (κ3) is 6.06. The molecule has 4 rings (SSSR count). The van der Waals surface area contributed by atoms with E-state index >= 15 is 0 Å². The van der Waals surface area contributed by atoms with Crippen LogP contribution in [0.25, 0.3) is 0 Å². The summed E-state index contributed by atoms with van der Waals surface area (Å²) in [5, 5.41) is 20.0. The number of aliphatic hydroxyl groups excluding tert-OH is 2. The van der Waals surface area contributed by atoms with Crippen LogP contribution in [-0.2, 0) is 4.74 Å². The molecule has 3 aliphatic carbocycles. The van der Waals surface area contributed by atoms with Crippen LogP contribution in [0.4, 0.5) is 8.78 Å². The lowest BCUT2D eigenvalue weighted by atomic mass is 9.61. The number of halogens is 2. The van der Waals surface area contributed by atoms with Crippen molar-refractivity contribution >= 4 is 0 Å². The molecule has 1 heterocycles. The van der Waals surface area contributed by atoms with Crippen LogP contribution >= 0.6 is 0 Å². The van der Waals surface area contributed by atoms with E-state index in [4.69, 9.17) is 4.74 Å². The first-order chi connectivity index (χ1) is 15.7. The Morgan fingerprint density at radius 2 is 1.91 bits per heavy atom. The van der Waals surface area contributed by atoms with E-state index in [0.717, 1.165) is 32.5 Å². The Hall–Kier alpha value is -0.820. The quantitative estimate of drug-likeness (QED) is 0.556. The summed E-state index contributed by atoms with van der Waals surface area (Å²) < 4.78 is 30.3. The summed E-state index contributed by atoms with van der Waals surface area (Å²) in [6.45, 7) is 7.19. The van der Waals surface area contributed by atoms with Gasteiger partial charge in [0.1, 0.15) is 6.61 Å². The fourth-order valence-corrected chi connectivity index (χ4v) is 7.59. The second-order valence-electron chi connectivity index (χ2n) is 11.5. The van der Waals surface area contributed by atoms with Gasteiger partial charge in [-0.15, -0.1) is 0 Å². The number of nitrogens with zero attached hydrogens (tertiary/aromatic N) is 1. The molecule has 1 saturated heterocycles. The summed E-state index contributed by atoms with van der Waals surface area (Å²) >= 11 is 0. The number of hydrogen-bond donors (Lipinski definition) is 2. The lowest BCUT2D eigenvalue weighted by molar-refractivity contribution is -0.0207. The van der Waals surface area contributed by atoms with Gasteiger partial charge in [0.25, 0.3) is 6.43 Å². The van der Waals surface area contributed by atoms with Gasteiger partial charge >= 0.3 is 0 Å². The average Bonchev–Trinajstić information content (AvgIpc) is 3.33. The normalized spacial score (nSPS) is 39.9. The Balaban J connectivity index is 1.36. The molecule has 1 aliphatic heterocycles. The lowest BCUT2D eigenvalue weighted by Gasteiger charge is -2.45. The standard InChI is InChI=1S/C27H43F2NO3/c1-18(15-30-11-9-23(16-30)33-17-26(28)29)24-7-8-25-20(4-3-10-27(24,25)2)6-5-19-12-21(31)14-22(32)13-19/h5-6,18,21-26,31-32H,3-4,7-17H2,1-2H3/b20-6+/t18?,21-,22-,23+,24-,25+,27-/m1/s1. The van der Waals surface area contributed by atoms with Crippen LogP contribution in [-0.4, -0.2) is 66.1 Å². The fraction of sp³-hybridized carbons (Fsp3) is 0.852. The molecule has 0 radical (unpaired) electrons. The SMILES string of the molecule is CC(CN1CC[C@H](OCC(F)F)C1)[C@H]1CC[C@H]2/C(=C/C=C3C[C@@H](O)C[C@H](O)C3)CCC[C@]12C. The van der Waals surface area contributed by atoms with Crippen LogP contribution in [0, 0.1) is 23.2 Å². The van der Waals surface area contributed by atoms with Gasteiger partial charge in [0, 0.05) is 19.6 Å². The molecule has 4 nitrogen and oxygen atoms in total. The van der Waals surface area contributed by atoms with E-state index in [1.165, 1.54) is 31.3 Å². The molecule has 0 spiro atoms. The lowest BCUT2D eigenvalue weighted by Crippen LogP contribution is -2.39. The van der Waals surface area contributed by atoms with Gasteiger partial charge in [-0.1, -0.05) is 37.1 Å². The second-order valence-corrected chi connectivity index (χ2v) is 11.5. The van der Waals surface area contributed by atoms with Crippen molar-refractivity contribution < 1.29 is 23.7 Å². The Morgan fingerprint density at radius 3 is 2.64 bits per heavy atom. The van der Waals surface area contributed by atoms with Gasteiger partial charge in [-0.2, -0.15) is 0 Å². The second kappa shape index (κ2) is 10.8. The van der Waals surface area contributed by atoms with Gasteiger partial charge < -0.3 is 19.8 Å². The summed E-state index contributed by atoms with van der Waals surface area (Å²) in [7, 11) is 0. The van der Waals surface area contributed by atoms with Gasteiger partial charge in [0.2, 0.25) is 0 Å². The summed E-state index contributed by atoms with van der Waals surface area (Å²) in [5.74, 6) is 1.88. The molecule has 0 bridgehead atoms. The van der Waals surface area contributed by atoms with Gasteiger partial charge in [-0.25, -0.2) is 8.78 Å². The van der Waals surface area contributed by atoms with E-state index in [1.807, 2.05) is 0 Å². The smallest absolute Gasteiger partial charge is 0.261 e. The molecular formula is C27H43F2NO3. The molecule has 33 heavy (non-hydrogen) atoms. The molecule has 4 fully saturated rings. The summed E-state index contributed by atoms with van der Waals surface area (Å²) in [6.07, 6.45) is 10.1. The van der Waals surface area contributed by atoms with Crippen molar-refractivity contribution in [1.29, 1.82) is 0 Å². The number of ether oxygens (including phenoxy) is 1. The molecule has 2 N–H and O–H groups in total. The number of allylic oxidation sites excluding steroid dienone is 3. The van der Waals surface area contributed by atoms with Gasteiger partial charge in [-0.05, 0) is 81.0 Å². The van der Waals surface area contributed by atoms with Crippen LogP contribution in [0.1, 0.15) is 71.6 Å². The van der Waals surface area contributed by atoms with Crippen molar-refractivity contribution in [1.82, 2.24) is 4.90 Å². The van der Waals surface area contributed by atoms with E-state index in [9.17, 15) is 19.0 Å². The Kier molecular flexibility index (Phi) is 8.31. The first-order valence-electron chi connectivity index (χ1n) is 13.1. The highest BCUT2D eigenvalue weighted by molar-refractivity contribution is 5.26. The monoisotopic (exact) mass is 467 g/mol. The zero-order valence-corrected chi connectivity index (χ0v) is 20.4. The first-order valence-corrected chi connectivity index (χ1v) is 13.1. The highest BCUT2D eigenvalue weighted by atomic mass is 19.3. The van der Waals surface area contributed by atoms with E-state index in [2.05, 4.69) is 30.9 Å². The van der Waals surface area contributed by atoms with Crippen LogP contribution in [0.2, 0.25) is 0 Å². The van der Waals surface area contributed by atoms with Gasteiger partial charge in [0.15, 0.2) is 0 Å². The molecule has 1 unspecified atom stereocenters. The Bertz CT molecular complexity index is 714. The third-order valence-electron chi connectivity index (χ3n) is 9.03. The largest absolute Gasteiger partial charge is 0.393 e. The zero-order valence-electron chi connectivity index (χ0n) is 20.4. The van der Waals surface area contributed by atoms with E-state index < -0.39 is 25.2 Å². The van der Waals surface area contributed by atoms with Crippen molar-refractivity contribution in [2.45, 2.75) is 96.4 Å². The summed E-state index contributed by atoms with van der Waals surface area (Å²) in [6, 6.07) is 0. The predicted molar refractivity (Wildman–Crippen MR) is 126 cm³/mol. The summed E-state index contributed by atoms with van der Waals surface area (Å²) in [4.78, 5) is 2.42. The minimum Gasteiger partial charge on any atom is -0.393 e. The fourth-order valence-electron chi connectivity index (χ4n) is 7.59. The highest BCUT2D eigenvalue weighted by Crippen LogP contribution is 2.59. The molecule has 4 aliphatic rings.